The molecule has 1 aromatic rings. The summed E-state index contributed by atoms with van der Waals surface area (Å²) in [4.78, 5) is 50.0. The normalized spacial score (nSPS) is 14.5. The highest BCUT2D eigenvalue weighted by atomic mass is 32.1. The van der Waals surface area contributed by atoms with Crippen LogP contribution in [0.15, 0.2) is 30.3 Å². The van der Waals surface area contributed by atoms with Gasteiger partial charge in [-0.3, -0.25) is 14.4 Å². The fraction of sp³-hybridized carbons (Fsp3) is 0.565. The van der Waals surface area contributed by atoms with E-state index in [2.05, 4.69) is 28.6 Å². The van der Waals surface area contributed by atoms with Gasteiger partial charge in [-0.25, -0.2) is 4.79 Å². The number of hydrogen-bond donors (Lipinski definition) is 7. The van der Waals surface area contributed by atoms with Crippen molar-refractivity contribution in [2.45, 2.75) is 63.7 Å². The molecule has 4 atom stereocenters. The maximum Gasteiger partial charge on any atom is 0.326 e. The lowest BCUT2D eigenvalue weighted by Gasteiger charge is -2.26. The number of unbranched alkanes of at least 4 members (excludes halogenated alkanes) is 1. The van der Waals surface area contributed by atoms with E-state index < -0.39 is 47.9 Å². The minimum absolute atomic E-state index is 0.0986. The van der Waals surface area contributed by atoms with Gasteiger partial charge in [0.15, 0.2) is 0 Å². The van der Waals surface area contributed by atoms with Crippen molar-refractivity contribution >= 4 is 36.3 Å². The second-order valence-corrected chi connectivity index (χ2v) is 8.82. The lowest BCUT2D eigenvalue weighted by molar-refractivity contribution is -0.143. The molecule has 11 heteroatoms. The van der Waals surface area contributed by atoms with Crippen LogP contribution in [0.4, 0.5) is 0 Å². The van der Waals surface area contributed by atoms with Crippen LogP contribution in [-0.4, -0.2) is 65.3 Å². The Morgan fingerprint density at radius 2 is 1.53 bits per heavy atom. The molecule has 3 amide bonds. The Morgan fingerprint density at radius 3 is 2.06 bits per heavy atom. The maximum atomic E-state index is 13.2. The lowest BCUT2D eigenvalue weighted by atomic mass is 10.0. The molecular formula is C23H37N5O5S. The topological polar surface area (TPSA) is 177 Å². The third-order valence-electron chi connectivity index (χ3n) is 5.26. The third-order valence-corrected chi connectivity index (χ3v) is 5.65. The summed E-state index contributed by atoms with van der Waals surface area (Å²) in [5.41, 5.74) is 12.1. The molecular weight excluding hydrogens is 458 g/mol. The molecule has 0 aromatic heterocycles. The number of carboxylic acid groups (broad SMARTS) is 1. The molecule has 0 radical (unpaired) electrons. The van der Waals surface area contributed by atoms with Crippen LogP contribution in [0.1, 0.15) is 38.7 Å². The van der Waals surface area contributed by atoms with E-state index in [-0.39, 0.29) is 24.5 Å². The van der Waals surface area contributed by atoms with Crippen LogP contribution in [0.25, 0.3) is 0 Å². The Balaban J connectivity index is 3.07. The van der Waals surface area contributed by atoms with Crippen molar-refractivity contribution in [2.24, 2.45) is 17.4 Å². The number of rotatable bonds is 15. The summed E-state index contributed by atoms with van der Waals surface area (Å²) in [6, 6.07) is 5.10. The van der Waals surface area contributed by atoms with Crippen LogP contribution in [-0.2, 0) is 25.6 Å². The Kier molecular flexibility index (Phi) is 13.2. The third kappa shape index (κ3) is 10.1. The first-order valence-electron chi connectivity index (χ1n) is 11.3. The van der Waals surface area contributed by atoms with Gasteiger partial charge in [0.05, 0.1) is 6.04 Å². The number of thiol groups is 1. The number of hydrogen-bond acceptors (Lipinski definition) is 7. The van der Waals surface area contributed by atoms with Gasteiger partial charge in [-0.15, -0.1) is 0 Å². The van der Waals surface area contributed by atoms with E-state index in [1.165, 1.54) is 0 Å². The molecule has 0 saturated heterocycles. The average molecular weight is 496 g/mol. The number of aliphatic carboxylic acids is 1. The monoisotopic (exact) mass is 495 g/mol. The van der Waals surface area contributed by atoms with E-state index in [1.54, 1.807) is 13.8 Å². The quantitative estimate of drug-likeness (QED) is 0.130. The molecule has 1 rings (SSSR count). The molecule has 0 saturated carbocycles. The van der Waals surface area contributed by atoms with Crippen molar-refractivity contribution in [3.05, 3.63) is 35.9 Å². The largest absolute Gasteiger partial charge is 0.480 e. The summed E-state index contributed by atoms with van der Waals surface area (Å²) in [7, 11) is 0. The Labute approximate surface area is 206 Å². The molecule has 10 nitrogen and oxygen atoms in total. The van der Waals surface area contributed by atoms with E-state index >= 15 is 0 Å². The summed E-state index contributed by atoms with van der Waals surface area (Å²) in [5, 5.41) is 17.2. The zero-order valence-corrected chi connectivity index (χ0v) is 20.6. The predicted molar refractivity (Wildman–Crippen MR) is 133 cm³/mol. The number of nitrogens with two attached hydrogens (primary N) is 2. The zero-order valence-electron chi connectivity index (χ0n) is 19.7. The van der Waals surface area contributed by atoms with Gasteiger partial charge in [0, 0.05) is 12.2 Å². The molecule has 34 heavy (non-hydrogen) atoms. The van der Waals surface area contributed by atoms with E-state index in [4.69, 9.17) is 11.5 Å². The summed E-state index contributed by atoms with van der Waals surface area (Å²) in [6.07, 6.45) is 1.63. The standard InChI is InChI=1S/C23H37N5O5S/c1-14(2)19(23(32)33)28-21(30)17(10-6-7-11-24)26-22(31)18(27-20(29)16(25)13-34)12-15-8-4-3-5-9-15/h3-5,8-9,14,16-19,34H,6-7,10-13,24-25H2,1-2H3,(H,26,31)(H,27,29)(H,28,30)(H,32,33). The SMILES string of the molecule is CC(C)C(NC(=O)C(CCCCN)NC(=O)C(Cc1ccccc1)NC(=O)C(N)CS)C(=O)O. The Bertz CT molecular complexity index is 808. The van der Waals surface area contributed by atoms with E-state index in [9.17, 15) is 24.3 Å². The summed E-state index contributed by atoms with van der Waals surface area (Å²) >= 11 is 4.03. The molecule has 0 aliphatic heterocycles. The highest BCUT2D eigenvalue weighted by Crippen LogP contribution is 2.08. The first kappa shape index (κ1) is 29.4. The van der Waals surface area contributed by atoms with Gasteiger partial charge >= 0.3 is 5.97 Å². The van der Waals surface area contributed by atoms with Crippen molar-refractivity contribution in [2.75, 3.05) is 12.3 Å². The summed E-state index contributed by atoms with van der Waals surface area (Å²) in [6.45, 7) is 3.77. The van der Waals surface area contributed by atoms with Crippen molar-refractivity contribution in [3.63, 3.8) is 0 Å². The number of carboxylic acids is 1. The molecule has 0 spiro atoms. The minimum Gasteiger partial charge on any atom is -0.480 e. The highest BCUT2D eigenvalue weighted by molar-refractivity contribution is 7.80. The van der Waals surface area contributed by atoms with E-state index in [0.717, 1.165) is 5.56 Å². The van der Waals surface area contributed by atoms with Crippen molar-refractivity contribution in [1.29, 1.82) is 0 Å². The Hall–Kier alpha value is -2.63. The first-order valence-corrected chi connectivity index (χ1v) is 12.0. The van der Waals surface area contributed by atoms with Crippen molar-refractivity contribution in [3.8, 4) is 0 Å². The number of amides is 3. The number of benzene rings is 1. The van der Waals surface area contributed by atoms with Gasteiger partial charge in [0.2, 0.25) is 17.7 Å². The van der Waals surface area contributed by atoms with Crippen molar-refractivity contribution in [1.82, 2.24) is 16.0 Å². The average Bonchev–Trinajstić information content (AvgIpc) is 2.80. The number of carbonyl (C=O) groups is 4. The molecule has 0 fully saturated rings. The van der Waals surface area contributed by atoms with Crippen LogP contribution >= 0.6 is 12.6 Å². The van der Waals surface area contributed by atoms with Crippen molar-refractivity contribution < 1.29 is 24.3 Å². The lowest BCUT2D eigenvalue weighted by Crippen LogP contribution is -2.58. The number of carbonyl (C=O) groups excluding carboxylic acids is 3. The van der Waals surface area contributed by atoms with Gasteiger partial charge in [0.1, 0.15) is 18.1 Å². The molecule has 0 aliphatic carbocycles. The summed E-state index contributed by atoms with van der Waals surface area (Å²) < 4.78 is 0. The fourth-order valence-corrected chi connectivity index (χ4v) is 3.39. The van der Waals surface area contributed by atoms with Gasteiger partial charge < -0.3 is 32.5 Å². The molecule has 0 bridgehead atoms. The smallest absolute Gasteiger partial charge is 0.326 e. The van der Waals surface area contributed by atoms with Crippen LogP contribution < -0.4 is 27.4 Å². The zero-order chi connectivity index (χ0) is 25.7. The van der Waals surface area contributed by atoms with E-state index in [0.29, 0.717) is 19.4 Å². The second-order valence-electron chi connectivity index (χ2n) is 8.45. The van der Waals surface area contributed by atoms with Gasteiger partial charge in [-0.05, 0) is 37.3 Å². The Morgan fingerprint density at radius 1 is 0.941 bits per heavy atom. The first-order chi connectivity index (χ1) is 16.1. The minimum atomic E-state index is -1.16. The second kappa shape index (κ2) is 15.3. The molecule has 0 aliphatic rings. The van der Waals surface area contributed by atoms with Gasteiger partial charge in [-0.1, -0.05) is 44.2 Å². The molecule has 0 heterocycles. The van der Waals surface area contributed by atoms with Gasteiger partial charge in [0.25, 0.3) is 0 Å². The fourth-order valence-electron chi connectivity index (χ4n) is 3.22. The van der Waals surface area contributed by atoms with Crippen LogP contribution in [0.3, 0.4) is 0 Å². The van der Waals surface area contributed by atoms with Crippen LogP contribution in [0, 0.1) is 5.92 Å². The van der Waals surface area contributed by atoms with Gasteiger partial charge in [-0.2, -0.15) is 12.6 Å². The summed E-state index contributed by atoms with van der Waals surface area (Å²) in [5.74, 6) is -3.14. The maximum absolute atomic E-state index is 13.2. The van der Waals surface area contributed by atoms with Crippen LogP contribution in [0.5, 0.6) is 0 Å². The van der Waals surface area contributed by atoms with Crippen LogP contribution in [0.2, 0.25) is 0 Å². The predicted octanol–water partition coefficient (Wildman–Crippen LogP) is -0.190. The molecule has 1 aromatic carbocycles. The van der Waals surface area contributed by atoms with E-state index in [1.807, 2.05) is 30.3 Å². The molecule has 4 unspecified atom stereocenters. The molecule has 8 N–H and O–H groups in total. The number of nitrogens with one attached hydrogen (secondary N) is 3. The highest BCUT2D eigenvalue weighted by Gasteiger charge is 2.31. The molecule has 190 valence electrons.